The lowest BCUT2D eigenvalue weighted by atomic mass is 10.2. The minimum Gasteiger partial charge on any atom is -0.490 e. The first-order valence-electron chi connectivity index (χ1n) is 10.2. The number of fused-ring (bicyclic) bond motifs is 2. The average Bonchev–Trinajstić information content (AvgIpc) is 3.32. The molecule has 0 aliphatic carbocycles. The van der Waals surface area contributed by atoms with Crippen LogP contribution in [0.2, 0.25) is 0 Å². The van der Waals surface area contributed by atoms with Crippen LogP contribution in [0, 0.1) is 0 Å². The molecule has 7 nitrogen and oxygen atoms in total. The number of H-pyrrole nitrogens is 2. The number of rotatable bonds is 4. The van der Waals surface area contributed by atoms with Gasteiger partial charge in [-0.3, -0.25) is 5.10 Å². The van der Waals surface area contributed by atoms with E-state index in [1.165, 1.54) is 5.69 Å². The van der Waals surface area contributed by atoms with Crippen molar-refractivity contribution >= 4 is 27.6 Å². The van der Waals surface area contributed by atoms with Crippen molar-refractivity contribution in [2.75, 3.05) is 38.1 Å². The van der Waals surface area contributed by atoms with Gasteiger partial charge in [-0.05, 0) is 51.2 Å². The van der Waals surface area contributed by atoms with Gasteiger partial charge in [0.2, 0.25) is 0 Å². The Bertz CT molecular complexity index is 1150. The van der Waals surface area contributed by atoms with E-state index < -0.39 is 0 Å². The molecule has 0 saturated carbocycles. The van der Waals surface area contributed by atoms with Crippen molar-refractivity contribution in [3.63, 3.8) is 0 Å². The lowest BCUT2D eigenvalue weighted by Crippen LogP contribution is -2.44. The van der Waals surface area contributed by atoms with E-state index in [0.717, 1.165) is 65.4 Å². The van der Waals surface area contributed by atoms with E-state index in [4.69, 9.17) is 9.72 Å². The maximum Gasteiger partial charge on any atom is 0.159 e. The van der Waals surface area contributed by atoms with Crippen molar-refractivity contribution in [1.29, 1.82) is 0 Å². The van der Waals surface area contributed by atoms with Gasteiger partial charge in [0.15, 0.2) is 5.82 Å². The van der Waals surface area contributed by atoms with Crippen LogP contribution in [-0.2, 0) is 0 Å². The number of nitrogens with zero attached hydrogens (tertiary/aromatic N) is 4. The molecule has 150 valence electrons. The van der Waals surface area contributed by atoms with Crippen LogP contribution in [0.25, 0.3) is 33.5 Å². The summed E-state index contributed by atoms with van der Waals surface area (Å²) in [6.07, 6.45) is 0.0881. The number of aromatic amines is 2. The number of aromatic nitrogens is 4. The summed E-state index contributed by atoms with van der Waals surface area (Å²) in [7, 11) is 2.17. The molecule has 4 aromatic rings. The molecular formula is C22H26N6O. The lowest BCUT2D eigenvalue weighted by Gasteiger charge is -2.34. The van der Waals surface area contributed by atoms with Crippen LogP contribution in [0.15, 0.2) is 36.4 Å². The zero-order valence-corrected chi connectivity index (χ0v) is 17.1. The van der Waals surface area contributed by atoms with E-state index in [9.17, 15) is 0 Å². The maximum absolute atomic E-state index is 6.02. The third-order valence-corrected chi connectivity index (χ3v) is 5.47. The van der Waals surface area contributed by atoms with Crippen LogP contribution >= 0.6 is 0 Å². The van der Waals surface area contributed by atoms with Crippen LogP contribution in [0.1, 0.15) is 13.8 Å². The van der Waals surface area contributed by atoms with Gasteiger partial charge in [-0.2, -0.15) is 5.10 Å². The number of benzene rings is 2. The number of hydrogen-bond donors (Lipinski definition) is 2. The number of nitrogens with one attached hydrogen (secondary N) is 2. The fraction of sp³-hybridized carbons (Fsp3) is 0.364. The Kier molecular flexibility index (Phi) is 4.39. The summed E-state index contributed by atoms with van der Waals surface area (Å²) in [5.41, 5.74) is 4.92. The summed E-state index contributed by atoms with van der Waals surface area (Å²) in [5, 5.41) is 8.60. The first-order valence-corrected chi connectivity index (χ1v) is 10.2. The minimum absolute atomic E-state index is 0.0881. The summed E-state index contributed by atoms with van der Waals surface area (Å²) in [6, 6.07) is 12.4. The van der Waals surface area contributed by atoms with Crippen LogP contribution in [0.4, 0.5) is 5.69 Å². The van der Waals surface area contributed by atoms with Gasteiger partial charge in [0.05, 0.1) is 28.0 Å². The van der Waals surface area contributed by atoms with E-state index in [2.05, 4.69) is 50.2 Å². The second-order valence-corrected chi connectivity index (χ2v) is 7.99. The van der Waals surface area contributed by atoms with Crippen molar-refractivity contribution in [3.05, 3.63) is 36.4 Å². The molecule has 2 aromatic heterocycles. The Hall–Kier alpha value is -3.06. The Balaban J connectivity index is 1.54. The Morgan fingerprint density at radius 2 is 1.86 bits per heavy atom. The van der Waals surface area contributed by atoms with Crippen molar-refractivity contribution < 1.29 is 4.74 Å². The SMILES string of the molecule is CC(C)Oc1cccc2[nH]nc(-c3nc4ccc(N5CCN(C)CC5)cc4[nH]3)c12. The monoisotopic (exact) mass is 390 g/mol. The Morgan fingerprint density at radius 1 is 1.03 bits per heavy atom. The average molecular weight is 390 g/mol. The first-order chi connectivity index (χ1) is 14.1. The van der Waals surface area contributed by atoms with E-state index in [1.54, 1.807) is 0 Å². The van der Waals surface area contributed by atoms with Crippen LogP contribution in [0.3, 0.4) is 0 Å². The van der Waals surface area contributed by atoms with Gasteiger partial charge < -0.3 is 19.5 Å². The second-order valence-electron chi connectivity index (χ2n) is 7.99. The molecule has 0 bridgehead atoms. The molecule has 1 saturated heterocycles. The molecule has 29 heavy (non-hydrogen) atoms. The third-order valence-electron chi connectivity index (χ3n) is 5.47. The first kappa shape index (κ1) is 18.0. The molecule has 7 heteroatoms. The summed E-state index contributed by atoms with van der Waals surface area (Å²) in [5.74, 6) is 1.57. The van der Waals surface area contributed by atoms with Crippen molar-refractivity contribution in [1.82, 2.24) is 25.1 Å². The molecule has 0 radical (unpaired) electrons. The Morgan fingerprint density at radius 3 is 2.66 bits per heavy atom. The van der Waals surface area contributed by atoms with Gasteiger partial charge in [0.25, 0.3) is 0 Å². The van der Waals surface area contributed by atoms with E-state index >= 15 is 0 Å². The van der Waals surface area contributed by atoms with Crippen molar-refractivity contribution in [2.45, 2.75) is 20.0 Å². The molecule has 1 fully saturated rings. The zero-order valence-electron chi connectivity index (χ0n) is 17.1. The van der Waals surface area contributed by atoms with Crippen molar-refractivity contribution in [3.8, 4) is 17.3 Å². The van der Waals surface area contributed by atoms with E-state index in [1.807, 2.05) is 32.0 Å². The molecule has 2 aromatic carbocycles. The topological polar surface area (TPSA) is 73.1 Å². The largest absolute Gasteiger partial charge is 0.490 e. The van der Waals surface area contributed by atoms with Crippen LogP contribution in [-0.4, -0.2) is 64.4 Å². The fourth-order valence-corrected chi connectivity index (χ4v) is 3.94. The zero-order chi connectivity index (χ0) is 20.0. The number of hydrogen-bond acceptors (Lipinski definition) is 5. The highest BCUT2D eigenvalue weighted by Gasteiger charge is 2.19. The summed E-state index contributed by atoms with van der Waals surface area (Å²) >= 11 is 0. The van der Waals surface area contributed by atoms with E-state index in [-0.39, 0.29) is 6.10 Å². The number of piperazine rings is 1. The quantitative estimate of drug-likeness (QED) is 0.557. The highest BCUT2D eigenvalue weighted by Crippen LogP contribution is 2.34. The molecule has 5 rings (SSSR count). The molecule has 2 N–H and O–H groups in total. The van der Waals surface area contributed by atoms with Gasteiger partial charge in [0, 0.05) is 31.9 Å². The van der Waals surface area contributed by atoms with Crippen LogP contribution in [0.5, 0.6) is 5.75 Å². The molecule has 0 amide bonds. The number of anilines is 1. The molecular weight excluding hydrogens is 364 g/mol. The predicted octanol–water partition coefficient (Wildman–Crippen LogP) is 3.65. The standard InChI is InChI=1S/C22H26N6O/c1-14(2)29-19-6-4-5-17-20(19)21(26-25-17)22-23-16-8-7-15(13-18(16)24-22)28-11-9-27(3)10-12-28/h4-8,13-14H,9-12H2,1-3H3,(H,23,24)(H,25,26). The summed E-state index contributed by atoms with van der Waals surface area (Å²) in [6.45, 7) is 8.32. The summed E-state index contributed by atoms with van der Waals surface area (Å²) in [4.78, 5) is 13.1. The van der Waals surface area contributed by atoms with Gasteiger partial charge >= 0.3 is 0 Å². The molecule has 0 atom stereocenters. The number of ether oxygens (including phenoxy) is 1. The van der Waals surface area contributed by atoms with Gasteiger partial charge in [-0.25, -0.2) is 4.98 Å². The molecule has 0 unspecified atom stereocenters. The van der Waals surface area contributed by atoms with Gasteiger partial charge in [-0.15, -0.1) is 0 Å². The highest BCUT2D eigenvalue weighted by atomic mass is 16.5. The molecule has 1 aliphatic heterocycles. The van der Waals surface area contributed by atoms with Gasteiger partial charge in [-0.1, -0.05) is 6.07 Å². The van der Waals surface area contributed by atoms with E-state index in [0.29, 0.717) is 0 Å². The fourth-order valence-electron chi connectivity index (χ4n) is 3.94. The molecule has 1 aliphatic rings. The molecule has 3 heterocycles. The maximum atomic E-state index is 6.02. The predicted molar refractivity (Wildman–Crippen MR) is 117 cm³/mol. The normalized spacial score (nSPS) is 15.7. The smallest absolute Gasteiger partial charge is 0.159 e. The van der Waals surface area contributed by atoms with Gasteiger partial charge in [0.1, 0.15) is 11.4 Å². The van der Waals surface area contributed by atoms with Crippen LogP contribution < -0.4 is 9.64 Å². The number of imidazole rings is 1. The minimum atomic E-state index is 0.0881. The van der Waals surface area contributed by atoms with Crippen molar-refractivity contribution in [2.24, 2.45) is 0 Å². The lowest BCUT2D eigenvalue weighted by molar-refractivity contribution is 0.245. The molecule has 0 spiro atoms. The Labute approximate surface area is 169 Å². The number of likely N-dealkylation sites (N-methyl/N-ethyl adjacent to an activating group) is 1. The summed E-state index contributed by atoms with van der Waals surface area (Å²) < 4.78 is 6.02. The third kappa shape index (κ3) is 3.31. The highest BCUT2D eigenvalue weighted by molar-refractivity contribution is 5.97. The second kappa shape index (κ2) is 7.08.